The van der Waals surface area contributed by atoms with Gasteiger partial charge in [0.05, 0.1) is 0 Å². The molecule has 0 unspecified atom stereocenters. The molecule has 2 heterocycles. The Balaban J connectivity index is 0.000000161. The highest BCUT2D eigenvalue weighted by atomic mass is 32.2. The van der Waals surface area contributed by atoms with E-state index in [4.69, 9.17) is 0 Å². The van der Waals surface area contributed by atoms with Gasteiger partial charge in [0.2, 0.25) is 10.2 Å². The van der Waals surface area contributed by atoms with E-state index in [1.165, 1.54) is 0 Å². The Kier molecular flexibility index (Phi) is 6.89. The number of thioether (sulfide) groups is 2. The van der Waals surface area contributed by atoms with Crippen molar-refractivity contribution >= 4 is 44.2 Å². The zero-order valence-electron chi connectivity index (χ0n) is 14.8. The van der Waals surface area contributed by atoms with Crippen molar-refractivity contribution in [2.75, 3.05) is 0 Å². The van der Waals surface area contributed by atoms with Crippen LogP contribution >= 0.6 is 23.5 Å². The average molecular weight is 415 g/mol. The van der Waals surface area contributed by atoms with Crippen molar-refractivity contribution in [1.29, 1.82) is 0 Å². The van der Waals surface area contributed by atoms with Gasteiger partial charge in [0.15, 0.2) is 0 Å². The van der Waals surface area contributed by atoms with E-state index in [2.05, 4.69) is 10.6 Å². The molecule has 2 N–H and O–H groups in total. The predicted molar refractivity (Wildman–Crippen MR) is 110 cm³/mol. The first kappa shape index (κ1) is 20.2. The lowest BCUT2D eigenvalue weighted by molar-refractivity contribution is -0.112. The molecular formula is C20H18N2O4S2. The number of amides is 2. The van der Waals surface area contributed by atoms with E-state index in [-0.39, 0.29) is 32.8 Å². The molecule has 2 atom stereocenters. The molecule has 0 aromatic heterocycles. The van der Waals surface area contributed by atoms with Gasteiger partial charge in [0, 0.05) is 36.4 Å². The van der Waals surface area contributed by atoms with Crippen LogP contribution in [0, 0.1) is 0 Å². The first-order valence-corrected chi connectivity index (χ1v) is 10.3. The highest BCUT2D eigenvalue weighted by molar-refractivity contribution is 8.27. The van der Waals surface area contributed by atoms with Crippen molar-refractivity contribution < 1.29 is 19.2 Å². The minimum absolute atomic E-state index is 0.0844. The van der Waals surface area contributed by atoms with E-state index in [1.54, 1.807) is 0 Å². The average Bonchev–Trinajstić information content (AvgIpc) is 3.17. The number of carbonyl (C=O) groups is 4. The van der Waals surface area contributed by atoms with Gasteiger partial charge in [0.1, 0.15) is 12.1 Å². The predicted octanol–water partition coefficient (Wildman–Crippen LogP) is 3.16. The van der Waals surface area contributed by atoms with E-state index in [9.17, 15) is 19.2 Å². The van der Waals surface area contributed by atoms with Crippen LogP contribution in [0.2, 0.25) is 0 Å². The van der Waals surface area contributed by atoms with Crippen molar-refractivity contribution in [1.82, 2.24) is 10.6 Å². The maximum absolute atomic E-state index is 11.3. The molecule has 2 aliphatic rings. The summed E-state index contributed by atoms with van der Waals surface area (Å²) in [5.74, 6) is 0. The smallest absolute Gasteiger partial charge is 0.287 e. The van der Waals surface area contributed by atoms with E-state index in [0.717, 1.165) is 34.7 Å². The number of nitrogens with one attached hydrogen (secondary N) is 2. The number of rotatable bonds is 4. The lowest BCUT2D eigenvalue weighted by atomic mass is 10.1. The molecule has 2 aromatic rings. The number of hydrogen-bond donors (Lipinski definition) is 2. The Morgan fingerprint density at radius 3 is 1.25 bits per heavy atom. The third kappa shape index (κ3) is 5.71. The van der Waals surface area contributed by atoms with Crippen LogP contribution in [0.4, 0.5) is 9.59 Å². The van der Waals surface area contributed by atoms with Gasteiger partial charge in [-0.1, -0.05) is 60.7 Å². The molecule has 0 spiro atoms. The highest BCUT2D eigenvalue weighted by Crippen LogP contribution is 2.19. The third-order valence-electron chi connectivity index (χ3n) is 4.11. The van der Waals surface area contributed by atoms with E-state index in [1.807, 2.05) is 60.7 Å². The largest absolute Gasteiger partial charge is 0.335 e. The second-order valence-electron chi connectivity index (χ2n) is 6.19. The number of benzene rings is 2. The van der Waals surface area contributed by atoms with Crippen molar-refractivity contribution in [2.24, 2.45) is 0 Å². The normalized spacial score (nSPS) is 21.0. The maximum atomic E-state index is 11.3. The van der Waals surface area contributed by atoms with E-state index >= 15 is 0 Å². The molecule has 0 bridgehead atoms. The van der Waals surface area contributed by atoms with Gasteiger partial charge in [-0.05, 0) is 11.1 Å². The summed E-state index contributed by atoms with van der Waals surface area (Å²) in [7, 11) is 0. The summed E-state index contributed by atoms with van der Waals surface area (Å²) < 4.78 is 0. The van der Waals surface area contributed by atoms with Gasteiger partial charge in [-0.2, -0.15) is 0 Å². The van der Waals surface area contributed by atoms with Gasteiger partial charge < -0.3 is 10.6 Å². The van der Waals surface area contributed by atoms with Gasteiger partial charge in [0.25, 0.3) is 10.5 Å². The Morgan fingerprint density at radius 2 is 0.964 bits per heavy atom. The summed E-state index contributed by atoms with van der Waals surface area (Å²) in [5.41, 5.74) is 2.13. The zero-order valence-corrected chi connectivity index (χ0v) is 16.4. The van der Waals surface area contributed by atoms with Crippen molar-refractivity contribution in [2.45, 2.75) is 24.9 Å². The molecule has 28 heavy (non-hydrogen) atoms. The SMILES string of the molecule is O=C1N[C@@H](Cc2ccccc2)C(=O)S1.O=C1N[C@H](Cc2ccccc2)C(=O)S1. The fourth-order valence-electron chi connectivity index (χ4n) is 2.75. The molecule has 0 radical (unpaired) electrons. The summed E-state index contributed by atoms with van der Waals surface area (Å²) in [5, 5.41) is 4.60. The third-order valence-corrected chi connectivity index (χ3v) is 5.68. The highest BCUT2D eigenvalue weighted by Gasteiger charge is 2.31. The summed E-state index contributed by atoms with van der Waals surface area (Å²) in [6.45, 7) is 0. The quantitative estimate of drug-likeness (QED) is 0.798. The van der Waals surface area contributed by atoms with E-state index < -0.39 is 0 Å². The molecule has 144 valence electrons. The Bertz CT molecular complexity index is 801. The van der Waals surface area contributed by atoms with Gasteiger partial charge >= 0.3 is 0 Å². The van der Waals surface area contributed by atoms with Crippen LogP contribution in [0.25, 0.3) is 0 Å². The standard InChI is InChI=1S/2C10H9NO2S/c2*12-9-8(11-10(13)14-9)6-7-4-2-1-3-5-7/h2*1-5,8H,6H2,(H,11,13)/t2*8-/m10/s1. The number of hydrogen-bond acceptors (Lipinski definition) is 6. The summed E-state index contributed by atoms with van der Waals surface area (Å²) >= 11 is 1.52. The van der Waals surface area contributed by atoms with Crippen LogP contribution < -0.4 is 10.6 Å². The minimum atomic E-state index is -0.352. The fraction of sp³-hybridized carbons (Fsp3) is 0.200. The van der Waals surface area contributed by atoms with Crippen LogP contribution in [0.15, 0.2) is 60.7 Å². The van der Waals surface area contributed by atoms with E-state index in [0.29, 0.717) is 12.8 Å². The molecule has 2 amide bonds. The zero-order chi connectivity index (χ0) is 19.9. The van der Waals surface area contributed by atoms with Crippen LogP contribution in [-0.4, -0.2) is 32.8 Å². The summed E-state index contributed by atoms with van der Waals surface area (Å²) in [6.07, 6.45) is 1.16. The Hall–Kier alpha value is -2.58. The van der Waals surface area contributed by atoms with Crippen molar-refractivity contribution in [3.8, 4) is 0 Å². The molecule has 6 nitrogen and oxygen atoms in total. The van der Waals surface area contributed by atoms with Gasteiger partial charge in [-0.15, -0.1) is 0 Å². The molecule has 4 rings (SSSR count). The van der Waals surface area contributed by atoms with Gasteiger partial charge in [-0.3, -0.25) is 19.2 Å². The van der Waals surface area contributed by atoms with Crippen LogP contribution in [-0.2, 0) is 22.4 Å². The lowest BCUT2D eigenvalue weighted by Crippen LogP contribution is -2.30. The molecule has 8 heteroatoms. The molecule has 2 fully saturated rings. The second kappa shape index (κ2) is 9.57. The monoisotopic (exact) mass is 414 g/mol. The number of carbonyl (C=O) groups excluding carboxylic acids is 4. The molecule has 0 aliphatic carbocycles. The lowest BCUT2D eigenvalue weighted by Gasteiger charge is -2.06. The topological polar surface area (TPSA) is 92.3 Å². The minimum Gasteiger partial charge on any atom is -0.335 e. The summed E-state index contributed by atoms with van der Waals surface area (Å²) in [4.78, 5) is 44.3. The fourth-order valence-corrected chi connectivity index (χ4v) is 4.09. The molecular weight excluding hydrogens is 396 g/mol. The molecule has 0 saturated carbocycles. The maximum Gasteiger partial charge on any atom is 0.287 e. The van der Waals surface area contributed by atoms with Gasteiger partial charge in [-0.25, -0.2) is 0 Å². The second-order valence-corrected chi connectivity index (χ2v) is 8.14. The van der Waals surface area contributed by atoms with Crippen molar-refractivity contribution in [3.63, 3.8) is 0 Å². The molecule has 2 saturated heterocycles. The first-order valence-electron chi connectivity index (χ1n) is 8.63. The Morgan fingerprint density at radius 1 is 0.607 bits per heavy atom. The van der Waals surface area contributed by atoms with Crippen molar-refractivity contribution in [3.05, 3.63) is 71.8 Å². The van der Waals surface area contributed by atoms with Crippen LogP contribution in [0.1, 0.15) is 11.1 Å². The Labute approximate surface area is 170 Å². The van der Waals surface area contributed by atoms with Crippen LogP contribution in [0.5, 0.6) is 0 Å². The molecule has 2 aromatic carbocycles. The first-order chi connectivity index (χ1) is 13.5. The summed E-state index contributed by atoms with van der Waals surface area (Å²) in [6, 6.07) is 18.6. The molecule has 2 aliphatic heterocycles. The van der Waals surface area contributed by atoms with Crippen LogP contribution in [0.3, 0.4) is 0 Å².